The third-order valence-electron chi connectivity index (χ3n) is 1.90. The van der Waals surface area contributed by atoms with Gasteiger partial charge in [-0.2, -0.15) is 0 Å². The molecule has 0 rings (SSSR count). The van der Waals surface area contributed by atoms with Gasteiger partial charge in [-0.25, -0.2) is 4.79 Å². The van der Waals surface area contributed by atoms with Gasteiger partial charge in [0.2, 0.25) is 11.8 Å². The smallest absolute Gasteiger partial charge is 0.326 e. The van der Waals surface area contributed by atoms with Crippen LogP contribution >= 0.6 is 0 Å². The van der Waals surface area contributed by atoms with Crippen LogP contribution in [-0.2, 0) is 14.4 Å². The molecule has 0 aromatic rings. The van der Waals surface area contributed by atoms with Crippen molar-refractivity contribution in [3.8, 4) is 0 Å². The number of hydrogen-bond donors (Lipinski definition) is 4. The number of carboxylic acid groups (broad SMARTS) is 1. The van der Waals surface area contributed by atoms with Crippen LogP contribution in [0.25, 0.3) is 0 Å². The summed E-state index contributed by atoms with van der Waals surface area (Å²) in [4.78, 5) is 32.5. The van der Waals surface area contributed by atoms with Crippen LogP contribution in [0.2, 0.25) is 0 Å². The van der Waals surface area contributed by atoms with Crippen LogP contribution in [0.15, 0.2) is 0 Å². The highest BCUT2D eigenvalue weighted by Gasteiger charge is 2.21. The maximum absolute atomic E-state index is 11.2. The van der Waals surface area contributed by atoms with Crippen LogP contribution in [0.5, 0.6) is 0 Å². The number of nitrogens with two attached hydrogens (primary N) is 2. The second kappa shape index (κ2) is 7.63. The van der Waals surface area contributed by atoms with Crippen LogP contribution in [0.3, 0.4) is 0 Å². The molecule has 0 heterocycles. The molecule has 16 heavy (non-hydrogen) atoms. The summed E-state index contributed by atoms with van der Waals surface area (Å²) in [6, 6.07) is -1.25. The first-order valence-electron chi connectivity index (χ1n) is 4.98. The fraction of sp³-hybridized carbons (Fsp3) is 0.667. The summed E-state index contributed by atoms with van der Waals surface area (Å²) in [5.41, 5.74) is 10.1. The number of rotatable bonds is 8. The van der Waals surface area contributed by atoms with Crippen molar-refractivity contribution < 1.29 is 19.5 Å². The van der Waals surface area contributed by atoms with Gasteiger partial charge in [0.1, 0.15) is 6.04 Å². The molecule has 0 radical (unpaired) electrons. The number of carboxylic acids is 1. The number of amides is 2. The van der Waals surface area contributed by atoms with E-state index in [0.717, 1.165) is 0 Å². The van der Waals surface area contributed by atoms with Crippen molar-refractivity contribution in [2.45, 2.75) is 31.7 Å². The van der Waals surface area contributed by atoms with Gasteiger partial charge < -0.3 is 21.9 Å². The van der Waals surface area contributed by atoms with Crippen molar-refractivity contribution in [2.75, 3.05) is 6.54 Å². The number of carbonyl (C=O) groups is 3. The normalized spacial score (nSPS) is 11.8. The van der Waals surface area contributed by atoms with Crippen LogP contribution in [-0.4, -0.2) is 35.5 Å². The molecule has 0 aromatic carbocycles. The average Bonchev–Trinajstić information content (AvgIpc) is 2.16. The number of aliphatic carboxylic acids is 1. The van der Waals surface area contributed by atoms with E-state index in [0.29, 0.717) is 19.4 Å². The average molecular weight is 231 g/mol. The van der Waals surface area contributed by atoms with Gasteiger partial charge in [0.05, 0.1) is 6.42 Å². The first-order valence-corrected chi connectivity index (χ1v) is 4.98. The Morgan fingerprint density at radius 3 is 2.31 bits per heavy atom. The lowest BCUT2D eigenvalue weighted by atomic mass is 10.1. The Kier molecular flexibility index (Phi) is 6.86. The van der Waals surface area contributed by atoms with Gasteiger partial charge in [-0.1, -0.05) is 0 Å². The van der Waals surface area contributed by atoms with E-state index in [9.17, 15) is 14.4 Å². The minimum absolute atomic E-state index is 0.194. The number of carbonyl (C=O) groups excluding carboxylic acids is 2. The summed E-state index contributed by atoms with van der Waals surface area (Å²) in [6.07, 6.45) is 1.07. The van der Waals surface area contributed by atoms with E-state index in [1.165, 1.54) is 0 Å². The molecule has 6 N–H and O–H groups in total. The molecule has 0 aliphatic heterocycles. The highest BCUT2D eigenvalue weighted by atomic mass is 16.4. The zero-order valence-electron chi connectivity index (χ0n) is 8.94. The second-order valence-corrected chi connectivity index (χ2v) is 3.37. The van der Waals surface area contributed by atoms with Gasteiger partial charge in [0.15, 0.2) is 0 Å². The Balaban J connectivity index is 4.03. The summed E-state index contributed by atoms with van der Waals surface area (Å²) in [5, 5.41) is 10.9. The van der Waals surface area contributed by atoms with E-state index in [-0.39, 0.29) is 6.42 Å². The molecule has 0 spiro atoms. The molecular weight excluding hydrogens is 214 g/mol. The summed E-state index contributed by atoms with van der Waals surface area (Å²) < 4.78 is 0. The van der Waals surface area contributed by atoms with E-state index in [1.807, 2.05) is 0 Å². The molecule has 7 heteroatoms. The minimum atomic E-state index is -1.27. The number of nitrogens with one attached hydrogen (secondary N) is 1. The van der Waals surface area contributed by atoms with Crippen molar-refractivity contribution in [1.29, 1.82) is 0 Å². The molecule has 0 saturated carbocycles. The monoisotopic (exact) mass is 231 g/mol. The second-order valence-electron chi connectivity index (χ2n) is 3.37. The maximum Gasteiger partial charge on any atom is 0.326 e. The number of unbranched alkanes of at least 4 members (excludes halogenated alkanes) is 1. The highest BCUT2D eigenvalue weighted by Crippen LogP contribution is 1.97. The quantitative estimate of drug-likeness (QED) is 0.379. The molecule has 0 aliphatic rings. The van der Waals surface area contributed by atoms with Gasteiger partial charge in [0, 0.05) is 6.42 Å². The Hall–Kier alpha value is -1.63. The van der Waals surface area contributed by atoms with Crippen molar-refractivity contribution in [1.82, 2.24) is 5.32 Å². The SMILES string of the molecule is NCCCCC(=O)NC(CC(N)=O)C(=O)O. The molecule has 0 aliphatic carbocycles. The molecule has 0 bridgehead atoms. The van der Waals surface area contributed by atoms with Gasteiger partial charge in [-0.3, -0.25) is 9.59 Å². The Morgan fingerprint density at radius 2 is 1.88 bits per heavy atom. The van der Waals surface area contributed by atoms with Gasteiger partial charge in [-0.15, -0.1) is 0 Å². The maximum atomic E-state index is 11.2. The van der Waals surface area contributed by atoms with E-state index in [2.05, 4.69) is 5.32 Å². The molecule has 1 unspecified atom stereocenters. The Labute approximate surface area is 93.2 Å². The predicted octanol–water partition coefficient (Wildman–Crippen LogP) is -1.44. The topological polar surface area (TPSA) is 136 Å². The van der Waals surface area contributed by atoms with Crippen LogP contribution < -0.4 is 16.8 Å². The van der Waals surface area contributed by atoms with Crippen molar-refractivity contribution in [2.24, 2.45) is 11.5 Å². The summed E-state index contributed by atoms with van der Waals surface area (Å²) in [5.74, 6) is -2.46. The van der Waals surface area contributed by atoms with Crippen LogP contribution in [0.1, 0.15) is 25.7 Å². The Morgan fingerprint density at radius 1 is 1.25 bits per heavy atom. The molecule has 0 saturated heterocycles. The molecule has 2 amide bonds. The first kappa shape index (κ1) is 14.4. The lowest BCUT2D eigenvalue weighted by Crippen LogP contribution is -2.43. The highest BCUT2D eigenvalue weighted by molar-refractivity contribution is 5.88. The molecule has 0 fully saturated rings. The third-order valence-corrected chi connectivity index (χ3v) is 1.90. The largest absolute Gasteiger partial charge is 0.480 e. The standard InChI is InChI=1S/C9H17N3O4/c10-4-2-1-3-8(14)12-6(9(15)16)5-7(11)13/h6H,1-5,10H2,(H2,11,13)(H,12,14)(H,15,16). The molecule has 92 valence electrons. The fourth-order valence-corrected chi connectivity index (χ4v) is 1.10. The molecule has 1 atom stereocenters. The molecular formula is C9H17N3O4. The van der Waals surface area contributed by atoms with E-state index in [4.69, 9.17) is 16.6 Å². The lowest BCUT2D eigenvalue weighted by Gasteiger charge is -2.12. The van der Waals surface area contributed by atoms with Crippen molar-refractivity contribution in [3.05, 3.63) is 0 Å². The summed E-state index contributed by atoms with van der Waals surface area (Å²) in [6.45, 7) is 0.483. The Bertz CT molecular complexity index is 267. The first-order chi connectivity index (χ1) is 7.47. The van der Waals surface area contributed by atoms with Gasteiger partial charge in [-0.05, 0) is 19.4 Å². The fourth-order valence-electron chi connectivity index (χ4n) is 1.10. The zero-order chi connectivity index (χ0) is 12.6. The van der Waals surface area contributed by atoms with E-state index < -0.39 is 30.2 Å². The van der Waals surface area contributed by atoms with Crippen LogP contribution in [0, 0.1) is 0 Å². The predicted molar refractivity (Wildman–Crippen MR) is 56.3 cm³/mol. The summed E-state index contributed by atoms with van der Waals surface area (Å²) >= 11 is 0. The number of primary amides is 1. The minimum Gasteiger partial charge on any atom is -0.480 e. The lowest BCUT2D eigenvalue weighted by molar-refractivity contribution is -0.143. The molecule has 7 nitrogen and oxygen atoms in total. The third kappa shape index (κ3) is 6.77. The number of hydrogen-bond acceptors (Lipinski definition) is 4. The van der Waals surface area contributed by atoms with Gasteiger partial charge >= 0.3 is 5.97 Å². The van der Waals surface area contributed by atoms with Crippen molar-refractivity contribution in [3.63, 3.8) is 0 Å². The van der Waals surface area contributed by atoms with E-state index >= 15 is 0 Å². The van der Waals surface area contributed by atoms with Gasteiger partial charge in [0.25, 0.3) is 0 Å². The molecule has 0 aromatic heterocycles. The zero-order valence-corrected chi connectivity index (χ0v) is 8.94. The van der Waals surface area contributed by atoms with E-state index in [1.54, 1.807) is 0 Å². The van der Waals surface area contributed by atoms with Crippen LogP contribution in [0.4, 0.5) is 0 Å². The van der Waals surface area contributed by atoms with Crippen molar-refractivity contribution >= 4 is 17.8 Å². The summed E-state index contributed by atoms with van der Waals surface area (Å²) in [7, 11) is 0.